The largest absolute Gasteiger partial charge is 0.493 e. The van der Waals surface area contributed by atoms with Crippen LogP contribution in [0.3, 0.4) is 0 Å². The summed E-state index contributed by atoms with van der Waals surface area (Å²) >= 11 is 11.8. The predicted molar refractivity (Wildman–Crippen MR) is 73.4 cm³/mol. The molecule has 1 aliphatic heterocycles. The minimum Gasteiger partial charge on any atom is -0.493 e. The third-order valence-corrected chi connectivity index (χ3v) is 3.33. The van der Waals surface area contributed by atoms with Crippen molar-refractivity contribution in [1.29, 1.82) is 0 Å². The normalized spacial score (nSPS) is 14.6. The summed E-state index contributed by atoms with van der Waals surface area (Å²) < 4.78 is 5.68. The van der Waals surface area contributed by atoms with Gasteiger partial charge in [0.25, 0.3) is 0 Å². The highest BCUT2D eigenvalue weighted by atomic mass is 35.5. The maximum Gasteiger partial charge on any atom is 0.126 e. The number of halogens is 2. The fourth-order valence-corrected chi connectivity index (χ4v) is 2.52. The molecule has 0 saturated carbocycles. The van der Waals surface area contributed by atoms with E-state index >= 15 is 0 Å². The summed E-state index contributed by atoms with van der Waals surface area (Å²) in [6, 6.07) is 4.01. The Hall–Kier alpha value is -0.660. The molecule has 92 valence electrons. The first-order valence-corrected chi connectivity index (χ1v) is 6.77. The van der Waals surface area contributed by atoms with Crippen LogP contribution in [0.25, 0.3) is 0 Å². The van der Waals surface area contributed by atoms with Gasteiger partial charge in [0.1, 0.15) is 5.75 Å². The van der Waals surface area contributed by atoms with Crippen molar-refractivity contribution in [2.45, 2.75) is 26.2 Å². The number of hydrogen-bond acceptors (Lipinski definition) is 1. The second-order valence-electron chi connectivity index (χ2n) is 4.36. The van der Waals surface area contributed by atoms with E-state index < -0.39 is 0 Å². The highest BCUT2D eigenvalue weighted by Crippen LogP contribution is 2.34. The van der Waals surface area contributed by atoms with Crippen molar-refractivity contribution >= 4 is 23.2 Å². The van der Waals surface area contributed by atoms with E-state index in [0.717, 1.165) is 36.6 Å². The van der Waals surface area contributed by atoms with E-state index in [1.165, 1.54) is 16.7 Å². The molecule has 0 atom stereocenters. The lowest BCUT2D eigenvalue weighted by atomic mass is 10.0. The molecule has 1 nitrogen and oxygen atoms in total. The fourth-order valence-electron chi connectivity index (χ4n) is 2.15. The molecule has 0 aliphatic carbocycles. The van der Waals surface area contributed by atoms with Gasteiger partial charge in [0, 0.05) is 17.3 Å². The first kappa shape index (κ1) is 12.8. The lowest BCUT2D eigenvalue weighted by molar-refractivity contribution is 0.354. The topological polar surface area (TPSA) is 9.23 Å². The van der Waals surface area contributed by atoms with Gasteiger partial charge in [-0.05, 0) is 43.0 Å². The van der Waals surface area contributed by atoms with E-state index in [2.05, 4.69) is 13.0 Å². The molecule has 0 radical (unpaired) electrons. The zero-order valence-electron chi connectivity index (χ0n) is 9.93. The van der Waals surface area contributed by atoms with Crippen LogP contribution >= 0.6 is 23.2 Å². The van der Waals surface area contributed by atoms with Crippen molar-refractivity contribution in [1.82, 2.24) is 0 Å². The molecule has 1 aromatic carbocycles. The summed E-state index contributed by atoms with van der Waals surface area (Å²) in [6.45, 7) is 2.89. The van der Waals surface area contributed by atoms with E-state index in [4.69, 9.17) is 27.9 Å². The first-order chi connectivity index (χ1) is 8.20. The van der Waals surface area contributed by atoms with Crippen molar-refractivity contribution in [3.8, 4) is 5.75 Å². The molecule has 2 rings (SSSR count). The first-order valence-electron chi connectivity index (χ1n) is 5.86. The van der Waals surface area contributed by atoms with E-state index in [-0.39, 0.29) is 0 Å². The molecule has 0 unspecified atom stereocenters. The van der Waals surface area contributed by atoms with Gasteiger partial charge in [-0.3, -0.25) is 0 Å². The van der Waals surface area contributed by atoms with Gasteiger partial charge in [-0.2, -0.15) is 0 Å². The number of hydrogen-bond donors (Lipinski definition) is 0. The minimum absolute atomic E-state index is 0.668. The van der Waals surface area contributed by atoms with Crippen LogP contribution in [0.5, 0.6) is 5.75 Å². The van der Waals surface area contributed by atoms with Gasteiger partial charge in [-0.25, -0.2) is 0 Å². The van der Waals surface area contributed by atoms with E-state index in [9.17, 15) is 0 Å². The molecule has 0 bridgehead atoms. The maximum atomic E-state index is 6.12. The average molecular weight is 271 g/mol. The quantitative estimate of drug-likeness (QED) is 0.583. The molecule has 0 N–H and O–H groups in total. The fraction of sp³-hybridized carbons (Fsp3) is 0.429. The average Bonchev–Trinajstić information content (AvgIpc) is 2.74. The van der Waals surface area contributed by atoms with Crippen LogP contribution < -0.4 is 4.74 Å². The second-order valence-corrected chi connectivity index (χ2v) is 5.17. The van der Waals surface area contributed by atoms with Crippen molar-refractivity contribution in [2.75, 3.05) is 12.5 Å². The second kappa shape index (κ2) is 5.79. The Balaban J connectivity index is 2.21. The molecule has 0 aromatic heterocycles. The van der Waals surface area contributed by atoms with Crippen molar-refractivity contribution in [3.63, 3.8) is 0 Å². The Labute approximate surface area is 112 Å². The molecule has 1 heterocycles. The standard InChI is InChI=1S/C14H16Cl2O/c1-10(3-2-5-15)7-12-9-13(16)8-11-4-6-17-14(11)12/h3,8-9H,2,4-7H2,1H3/b10-3-. The van der Waals surface area contributed by atoms with Crippen LogP contribution in [-0.4, -0.2) is 12.5 Å². The van der Waals surface area contributed by atoms with Gasteiger partial charge < -0.3 is 4.74 Å². The molecule has 0 saturated heterocycles. The molecule has 1 aromatic rings. The molecular formula is C14H16Cl2O. The molecule has 0 fully saturated rings. The highest BCUT2D eigenvalue weighted by Gasteiger charge is 2.17. The van der Waals surface area contributed by atoms with Crippen LogP contribution in [0, 0.1) is 0 Å². The monoisotopic (exact) mass is 270 g/mol. The molecule has 3 heteroatoms. The summed E-state index contributed by atoms with van der Waals surface area (Å²) in [5.41, 5.74) is 3.73. The number of allylic oxidation sites excluding steroid dienone is 2. The maximum absolute atomic E-state index is 6.12. The number of fused-ring (bicyclic) bond motifs is 1. The van der Waals surface area contributed by atoms with Gasteiger partial charge in [0.05, 0.1) is 6.61 Å². The number of ether oxygens (including phenoxy) is 1. The third kappa shape index (κ3) is 3.17. The summed E-state index contributed by atoms with van der Waals surface area (Å²) in [7, 11) is 0. The van der Waals surface area contributed by atoms with Crippen molar-refractivity contribution in [2.24, 2.45) is 0 Å². The summed E-state index contributed by atoms with van der Waals surface area (Å²) in [5.74, 6) is 1.70. The highest BCUT2D eigenvalue weighted by molar-refractivity contribution is 6.30. The third-order valence-electron chi connectivity index (χ3n) is 2.90. The van der Waals surface area contributed by atoms with Crippen LogP contribution in [0.2, 0.25) is 5.02 Å². The minimum atomic E-state index is 0.668. The number of benzene rings is 1. The Morgan fingerprint density at radius 3 is 3.06 bits per heavy atom. The Bertz CT molecular complexity index is 438. The lowest BCUT2D eigenvalue weighted by Crippen LogP contribution is -1.94. The summed E-state index contributed by atoms with van der Waals surface area (Å²) in [4.78, 5) is 0. The van der Waals surface area contributed by atoms with Crippen molar-refractivity contribution < 1.29 is 4.74 Å². The molecule has 17 heavy (non-hydrogen) atoms. The van der Waals surface area contributed by atoms with Crippen LogP contribution in [-0.2, 0) is 12.8 Å². The summed E-state index contributed by atoms with van der Waals surface area (Å²) in [5, 5.41) is 0.800. The van der Waals surface area contributed by atoms with Gasteiger partial charge in [-0.15, -0.1) is 11.6 Å². The molecular weight excluding hydrogens is 255 g/mol. The Kier molecular flexibility index (Phi) is 4.36. The smallest absolute Gasteiger partial charge is 0.126 e. The zero-order valence-corrected chi connectivity index (χ0v) is 11.4. The molecule has 1 aliphatic rings. The van der Waals surface area contributed by atoms with E-state index in [0.29, 0.717) is 5.88 Å². The Morgan fingerprint density at radius 2 is 2.29 bits per heavy atom. The van der Waals surface area contributed by atoms with Gasteiger partial charge in [0.2, 0.25) is 0 Å². The zero-order chi connectivity index (χ0) is 12.3. The van der Waals surface area contributed by atoms with Crippen LogP contribution in [0.1, 0.15) is 24.5 Å². The van der Waals surface area contributed by atoms with Crippen molar-refractivity contribution in [3.05, 3.63) is 39.9 Å². The number of alkyl halides is 1. The molecule has 0 spiro atoms. The SMILES string of the molecule is C/C(=C/CCCl)Cc1cc(Cl)cc2c1OCC2. The number of rotatable bonds is 4. The van der Waals surface area contributed by atoms with E-state index in [1.54, 1.807) is 0 Å². The van der Waals surface area contributed by atoms with Gasteiger partial charge >= 0.3 is 0 Å². The predicted octanol–water partition coefficient (Wildman–Crippen LogP) is 4.39. The summed E-state index contributed by atoms with van der Waals surface area (Å²) in [6.07, 6.45) is 4.94. The van der Waals surface area contributed by atoms with Gasteiger partial charge in [-0.1, -0.05) is 23.3 Å². The van der Waals surface area contributed by atoms with Crippen LogP contribution in [0.15, 0.2) is 23.8 Å². The lowest BCUT2D eigenvalue weighted by Gasteiger charge is -2.09. The van der Waals surface area contributed by atoms with Crippen LogP contribution in [0.4, 0.5) is 0 Å². The molecule has 0 amide bonds. The van der Waals surface area contributed by atoms with E-state index in [1.807, 2.05) is 12.1 Å². The Morgan fingerprint density at radius 1 is 1.47 bits per heavy atom. The van der Waals surface area contributed by atoms with Gasteiger partial charge in [0.15, 0.2) is 0 Å².